The van der Waals surface area contributed by atoms with E-state index in [0.717, 1.165) is 16.7 Å². The smallest absolute Gasteiger partial charge is 0.339 e. The second kappa shape index (κ2) is 6.65. The molecule has 0 aliphatic rings. The number of carboxylic acid groups (broad SMARTS) is 1. The summed E-state index contributed by atoms with van der Waals surface area (Å²) in [6, 6.07) is 14.4. The van der Waals surface area contributed by atoms with Crippen molar-refractivity contribution in [1.29, 1.82) is 0 Å². The van der Waals surface area contributed by atoms with Gasteiger partial charge in [0, 0.05) is 0 Å². The summed E-state index contributed by atoms with van der Waals surface area (Å²) < 4.78 is 5.45. The lowest BCUT2D eigenvalue weighted by Crippen LogP contribution is -2.24. The summed E-state index contributed by atoms with van der Waals surface area (Å²) in [5.41, 5.74) is 2.27. The van der Waals surface area contributed by atoms with Gasteiger partial charge in [-0.25, -0.2) is 4.79 Å². The monoisotopic (exact) mass is 312 g/mol. The number of benzene rings is 2. The molecule has 2 aromatic carbocycles. The summed E-state index contributed by atoms with van der Waals surface area (Å²) in [5.74, 6) is -1.24. The molecule has 0 heterocycles. The van der Waals surface area contributed by atoms with Crippen LogP contribution in [-0.4, -0.2) is 22.6 Å². The molecule has 120 valence electrons. The average Bonchev–Trinajstić information content (AvgIpc) is 2.46. The van der Waals surface area contributed by atoms with Gasteiger partial charge in [0.25, 0.3) is 0 Å². The molecule has 0 aromatic heterocycles. The Morgan fingerprint density at radius 3 is 2.17 bits per heavy atom. The highest BCUT2D eigenvalue weighted by Gasteiger charge is 2.20. The van der Waals surface area contributed by atoms with Gasteiger partial charge in [-0.3, -0.25) is 4.79 Å². The number of ether oxygens (including phenoxy) is 1. The zero-order chi connectivity index (χ0) is 17.0. The standard InChI is InChI=1S/C19H20O4/c1-19(2,3)23-18(22)16-7-5-4-6-15(16)14-10-8-13(9-11-14)12-17(20)21/h4-11H,12H2,1-3H3,(H,20,21). The minimum atomic E-state index is -0.869. The van der Waals surface area contributed by atoms with Crippen molar-refractivity contribution in [3.05, 3.63) is 59.7 Å². The van der Waals surface area contributed by atoms with Gasteiger partial charge in [-0.1, -0.05) is 42.5 Å². The number of carbonyl (C=O) groups excluding carboxylic acids is 1. The molecule has 0 aliphatic carbocycles. The van der Waals surface area contributed by atoms with Crippen LogP contribution in [0, 0.1) is 0 Å². The van der Waals surface area contributed by atoms with Gasteiger partial charge >= 0.3 is 11.9 Å². The molecule has 4 heteroatoms. The van der Waals surface area contributed by atoms with Gasteiger partial charge < -0.3 is 9.84 Å². The Morgan fingerprint density at radius 2 is 1.61 bits per heavy atom. The molecule has 0 aliphatic heterocycles. The largest absolute Gasteiger partial charge is 0.481 e. The first kappa shape index (κ1) is 16.7. The van der Waals surface area contributed by atoms with Crippen LogP contribution in [0.5, 0.6) is 0 Å². The lowest BCUT2D eigenvalue weighted by Gasteiger charge is -2.20. The Bertz CT molecular complexity index is 709. The molecule has 0 radical (unpaired) electrons. The molecule has 0 fully saturated rings. The van der Waals surface area contributed by atoms with Crippen LogP contribution in [0.25, 0.3) is 11.1 Å². The van der Waals surface area contributed by atoms with Gasteiger partial charge in [-0.2, -0.15) is 0 Å². The summed E-state index contributed by atoms with van der Waals surface area (Å²) in [7, 11) is 0. The molecule has 0 saturated carbocycles. The van der Waals surface area contributed by atoms with Crippen molar-refractivity contribution in [2.45, 2.75) is 32.8 Å². The van der Waals surface area contributed by atoms with Crippen molar-refractivity contribution < 1.29 is 19.4 Å². The van der Waals surface area contributed by atoms with E-state index >= 15 is 0 Å². The molecule has 0 amide bonds. The summed E-state index contributed by atoms with van der Waals surface area (Å²) in [4.78, 5) is 23.1. The van der Waals surface area contributed by atoms with Gasteiger partial charge in [0.1, 0.15) is 5.60 Å². The third kappa shape index (κ3) is 4.68. The Kier molecular flexibility index (Phi) is 4.84. The van der Waals surface area contributed by atoms with Crippen molar-refractivity contribution in [1.82, 2.24) is 0 Å². The van der Waals surface area contributed by atoms with E-state index in [1.807, 2.05) is 45.0 Å². The van der Waals surface area contributed by atoms with E-state index in [1.165, 1.54) is 0 Å². The van der Waals surface area contributed by atoms with E-state index in [2.05, 4.69) is 0 Å². The lowest BCUT2D eigenvalue weighted by atomic mass is 9.98. The van der Waals surface area contributed by atoms with Crippen molar-refractivity contribution in [2.75, 3.05) is 0 Å². The second-order valence-corrected chi connectivity index (χ2v) is 6.31. The Balaban J connectivity index is 2.33. The maximum absolute atomic E-state index is 12.4. The molecule has 23 heavy (non-hydrogen) atoms. The van der Waals surface area contributed by atoms with Crippen LogP contribution in [0.3, 0.4) is 0 Å². The molecule has 2 aromatic rings. The highest BCUT2D eigenvalue weighted by Crippen LogP contribution is 2.26. The number of hydrogen-bond donors (Lipinski definition) is 1. The lowest BCUT2D eigenvalue weighted by molar-refractivity contribution is -0.136. The molecule has 0 saturated heterocycles. The van der Waals surface area contributed by atoms with Gasteiger partial charge in [-0.15, -0.1) is 0 Å². The van der Waals surface area contributed by atoms with Crippen LogP contribution >= 0.6 is 0 Å². The predicted octanol–water partition coefficient (Wildman–Crippen LogP) is 3.94. The Morgan fingerprint density at radius 1 is 1.00 bits per heavy atom. The van der Waals surface area contributed by atoms with E-state index in [4.69, 9.17) is 9.84 Å². The van der Waals surface area contributed by atoms with Crippen LogP contribution in [0.15, 0.2) is 48.5 Å². The fourth-order valence-corrected chi connectivity index (χ4v) is 2.22. The van der Waals surface area contributed by atoms with Crippen LogP contribution in [-0.2, 0) is 16.0 Å². The zero-order valence-electron chi connectivity index (χ0n) is 13.5. The van der Waals surface area contributed by atoms with Crippen molar-refractivity contribution in [3.8, 4) is 11.1 Å². The van der Waals surface area contributed by atoms with Crippen molar-refractivity contribution in [3.63, 3.8) is 0 Å². The molecular weight excluding hydrogens is 292 g/mol. The zero-order valence-corrected chi connectivity index (χ0v) is 13.5. The Labute approximate surface area is 135 Å². The fraction of sp³-hybridized carbons (Fsp3) is 0.263. The molecule has 2 rings (SSSR count). The molecule has 0 unspecified atom stereocenters. The molecule has 0 spiro atoms. The van der Waals surface area contributed by atoms with Gasteiger partial charge in [0.15, 0.2) is 0 Å². The predicted molar refractivity (Wildman–Crippen MR) is 88.4 cm³/mol. The molecule has 4 nitrogen and oxygen atoms in total. The van der Waals surface area contributed by atoms with E-state index < -0.39 is 11.6 Å². The summed E-state index contributed by atoms with van der Waals surface area (Å²) in [5, 5.41) is 8.82. The van der Waals surface area contributed by atoms with E-state index in [1.54, 1.807) is 24.3 Å². The first-order chi connectivity index (χ1) is 10.8. The highest BCUT2D eigenvalue weighted by molar-refractivity contribution is 5.97. The molecule has 0 bridgehead atoms. The number of carbonyl (C=O) groups is 2. The fourth-order valence-electron chi connectivity index (χ4n) is 2.22. The minimum Gasteiger partial charge on any atom is -0.481 e. The van der Waals surface area contributed by atoms with Crippen LogP contribution in [0.1, 0.15) is 36.7 Å². The summed E-state index contributed by atoms with van der Waals surface area (Å²) in [6.07, 6.45) is -0.0198. The summed E-state index contributed by atoms with van der Waals surface area (Å²) in [6.45, 7) is 5.48. The summed E-state index contributed by atoms with van der Waals surface area (Å²) >= 11 is 0. The topological polar surface area (TPSA) is 63.6 Å². The number of rotatable bonds is 4. The van der Waals surface area contributed by atoms with Crippen LogP contribution in [0.4, 0.5) is 0 Å². The first-order valence-electron chi connectivity index (χ1n) is 7.40. The highest BCUT2D eigenvalue weighted by atomic mass is 16.6. The van der Waals surface area contributed by atoms with Crippen LogP contribution in [0.2, 0.25) is 0 Å². The van der Waals surface area contributed by atoms with Gasteiger partial charge in [-0.05, 0) is 43.5 Å². The van der Waals surface area contributed by atoms with Crippen molar-refractivity contribution in [2.24, 2.45) is 0 Å². The number of esters is 1. The van der Waals surface area contributed by atoms with Crippen LogP contribution < -0.4 is 0 Å². The van der Waals surface area contributed by atoms with Gasteiger partial charge in [0.2, 0.25) is 0 Å². The molecule has 1 N–H and O–H groups in total. The normalized spacial score (nSPS) is 11.1. The number of hydrogen-bond acceptors (Lipinski definition) is 3. The number of carboxylic acids is 1. The van der Waals surface area contributed by atoms with E-state index in [-0.39, 0.29) is 12.4 Å². The van der Waals surface area contributed by atoms with Crippen molar-refractivity contribution >= 4 is 11.9 Å². The minimum absolute atomic E-state index is 0.0198. The number of aliphatic carboxylic acids is 1. The second-order valence-electron chi connectivity index (χ2n) is 6.31. The maximum atomic E-state index is 12.4. The third-order valence-electron chi connectivity index (χ3n) is 3.17. The molecule has 0 atom stereocenters. The quantitative estimate of drug-likeness (QED) is 0.869. The van der Waals surface area contributed by atoms with E-state index in [9.17, 15) is 9.59 Å². The SMILES string of the molecule is CC(C)(C)OC(=O)c1ccccc1-c1ccc(CC(=O)O)cc1. The first-order valence-corrected chi connectivity index (χ1v) is 7.40. The third-order valence-corrected chi connectivity index (χ3v) is 3.17. The maximum Gasteiger partial charge on any atom is 0.339 e. The Hall–Kier alpha value is -2.62. The average molecular weight is 312 g/mol. The van der Waals surface area contributed by atoms with Gasteiger partial charge in [0.05, 0.1) is 12.0 Å². The molecular formula is C19H20O4. The van der Waals surface area contributed by atoms with E-state index in [0.29, 0.717) is 5.56 Å².